The molecule has 2 aromatic rings. The van der Waals surface area contributed by atoms with E-state index in [0.717, 1.165) is 23.7 Å². The minimum Gasteiger partial charge on any atom is -0.454 e. The van der Waals surface area contributed by atoms with Crippen molar-refractivity contribution in [1.82, 2.24) is 0 Å². The Bertz CT molecular complexity index is 540. The first-order valence-corrected chi connectivity index (χ1v) is 7.47. The Balaban J connectivity index is 1.48. The van der Waals surface area contributed by atoms with Crippen molar-refractivity contribution in [1.29, 1.82) is 0 Å². The summed E-state index contributed by atoms with van der Waals surface area (Å²) in [4.78, 5) is 1.34. The molecule has 0 saturated heterocycles. The molecule has 0 saturated carbocycles. The van der Waals surface area contributed by atoms with Gasteiger partial charge in [-0.25, -0.2) is 0 Å². The number of rotatable bonds is 5. The van der Waals surface area contributed by atoms with Crippen LogP contribution in [0.25, 0.3) is 0 Å². The average Bonchev–Trinajstić information content (AvgIpc) is 2.92. The van der Waals surface area contributed by atoms with Crippen LogP contribution in [0.5, 0.6) is 11.5 Å². The van der Waals surface area contributed by atoms with Crippen molar-refractivity contribution in [3.8, 4) is 11.5 Å². The smallest absolute Gasteiger partial charge is 0.231 e. The summed E-state index contributed by atoms with van der Waals surface area (Å²) in [7, 11) is 0. The number of thioether (sulfide) groups is 1. The van der Waals surface area contributed by atoms with Crippen LogP contribution in [0.4, 0.5) is 0 Å². The van der Waals surface area contributed by atoms with Crippen LogP contribution in [-0.4, -0.2) is 12.5 Å². The molecule has 0 atom stereocenters. The first-order chi connectivity index (χ1) is 9.42. The van der Waals surface area contributed by atoms with Crippen molar-refractivity contribution in [2.24, 2.45) is 0 Å². The predicted molar refractivity (Wildman–Crippen MR) is 78.1 cm³/mol. The van der Waals surface area contributed by atoms with E-state index in [1.165, 1.54) is 16.9 Å². The molecule has 3 rings (SSSR count). The van der Waals surface area contributed by atoms with E-state index in [9.17, 15) is 0 Å². The molecule has 0 bridgehead atoms. The van der Waals surface area contributed by atoms with E-state index in [1.54, 1.807) is 0 Å². The second kappa shape index (κ2) is 6.02. The van der Waals surface area contributed by atoms with E-state index in [1.807, 2.05) is 17.8 Å². The summed E-state index contributed by atoms with van der Waals surface area (Å²) in [5.74, 6) is 2.88. The molecule has 0 unspecified atom stereocenters. The second-order valence-electron chi connectivity index (χ2n) is 4.45. The molecule has 0 N–H and O–H groups in total. The molecule has 0 amide bonds. The zero-order chi connectivity index (χ0) is 12.9. The zero-order valence-electron chi connectivity index (χ0n) is 10.7. The van der Waals surface area contributed by atoms with Gasteiger partial charge in [0.25, 0.3) is 0 Å². The third-order valence-corrected chi connectivity index (χ3v) is 4.16. The quantitative estimate of drug-likeness (QED) is 0.602. The van der Waals surface area contributed by atoms with Crippen LogP contribution in [0.3, 0.4) is 0 Å². The molecule has 0 aliphatic carbocycles. The fourth-order valence-corrected chi connectivity index (χ4v) is 2.95. The molecule has 3 heteroatoms. The number of ether oxygens (including phenoxy) is 2. The number of fused-ring (bicyclic) bond motifs is 1. The summed E-state index contributed by atoms with van der Waals surface area (Å²) in [5, 5.41) is 0. The molecule has 98 valence electrons. The number of benzene rings is 2. The third kappa shape index (κ3) is 3.24. The largest absolute Gasteiger partial charge is 0.454 e. The zero-order valence-corrected chi connectivity index (χ0v) is 11.5. The average molecular weight is 272 g/mol. The Kier molecular flexibility index (Phi) is 3.94. The van der Waals surface area contributed by atoms with Gasteiger partial charge in [0.15, 0.2) is 11.5 Å². The number of aryl methyl sites for hydroxylation is 1. The normalized spacial score (nSPS) is 12.6. The maximum absolute atomic E-state index is 5.39. The molecule has 0 fully saturated rings. The standard InChI is InChI=1S/C16H16O2S/c1-2-6-14(7-3-1)19-10-4-5-13-8-9-15-16(11-13)18-12-17-15/h1-3,6-9,11H,4-5,10,12H2. The lowest BCUT2D eigenvalue weighted by atomic mass is 10.1. The van der Waals surface area contributed by atoms with E-state index in [-0.39, 0.29) is 0 Å². The lowest BCUT2D eigenvalue weighted by Crippen LogP contribution is -1.93. The van der Waals surface area contributed by atoms with Crippen LogP contribution in [0, 0.1) is 0 Å². The maximum atomic E-state index is 5.39. The third-order valence-electron chi connectivity index (χ3n) is 3.06. The van der Waals surface area contributed by atoms with Crippen molar-refractivity contribution in [3.63, 3.8) is 0 Å². The molecule has 1 heterocycles. The van der Waals surface area contributed by atoms with Crippen molar-refractivity contribution in [3.05, 3.63) is 54.1 Å². The van der Waals surface area contributed by atoms with Gasteiger partial charge in [-0.3, -0.25) is 0 Å². The summed E-state index contributed by atoms with van der Waals surface area (Å²) in [5.41, 5.74) is 1.32. The SMILES string of the molecule is c1ccc(SCCCc2ccc3c(c2)OCO3)cc1. The Morgan fingerprint density at radius 2 is 1.79 bits per heavy atom. The van der Waals surface area contributed by atoms with Crippen molar-refractivity contribution in [2.45, 2.75) is 17.7 Å². The van der Waals surface area contributed by atoms with Gasteiger partial charge in [0.2, 0.25) is 6.79 Å². The fourth-order valence-electron chi connectivity index (χ4n) is 2.08. The minimum atomic E-state index is 0.350. The highest BCUT2D eigenvalue weighted by Crippen LogP contribution is 2.32. The summed E-state index contributed by atoms with van der Waals surface area (Å²) >= 11 is 1.91. The van der Waals surface area contributed by atoms with E-state index in [0.29, 0.717) is 6.79 Å². The summed E-state index contributed by atoms with van der Waals surface area (Å²) < 4.78 is 10.7. The lowest BCUT2D eigenvalue weighted by molar-refractivity contribution is 0.174. The first kappa shape index (κ1) is 12.4. The van der Waals surface area contributed by atoms with E-state index in [4.69, 9.17) is 9.47 Å². The molecule has 0 spiro atoms. The lowest BCUT2D eigenvalue weighted by Gasteiger charge is -2.03. The highest BCUT2D eigenvalue weighted by molar-refractivity contribution is 7.99. The highest BCUT2D eigenvalue weighted by Gasteiger charge is 2.12. The topological polar surface area (TPSA) is 18.5 Å². The van der Waals surface area contributed by atoms with Crippen LogP contribution in [0.2, 0.25) is 0 Å². The number of hydrogen-bond donors (Lipinski definition) is 0. The van der Waals surface area contributed by atoms with Gasteiger partial charge < -0.3 is 9.47 Å². The molecular weight excluding hydrogens is 256 g/mol. The van der Waals surface area contributed by atoms with Gasteiger partial charge in [0.1, 0.15) is 0 Å². The Hall–Kier alpha value is -1.61. The van der Waals surface area contributed by atoms with Gasteiger partial charge in [0, 0.05) is 4.90 Å². The molecule has 0 radical (unpaired) electrons. The Morgan fingerprint density at radius 1 is 0.947 bits per heavy atom. The van der Waals surface area contributed by atoms with Gasteiger partial charge in [-0.15, -0.1) is 11.8 Å². The molecule has 2 aromatic carbocycles. The van der Waals surface area contributed by atoms with Gasteiger partial charge in [0.05, 0.1) is 0 Å². The van der Waals surface area contributed by atoms with Crippen molar-refractivity contribution >= 4 is 11.8 Å². The van der Waals surface area contributed by atoms with Crippen molar-refractivity contribution < 1.29 is 9.47 Å². The first-order valence-electron chi connectivity index (χ1n) is 6.48. The van der Waals surface area contributed by atoms with Gasteiger partial charge >= 0.3 is 0 Å². The van der Waals surface area contributed by atoms with Crippen LogP contribution >= 0.6 is 11.8 Å². The Labute approximate surface area is 117 Å². The monoisotopic (exact) mass is 272 g/mol. The second-order valence-corrected chi connectivity index (χ2v) is 5.62. The summed E-state index contributed by atoms with van der Waals surface area (Å²) in [6.45, 7) is 0.350. The van der Waals surface area contributed by atoms with Crippen LogP contribution < -0.4 is 9.47 Å². The van der Waals surface area contributed by atoms with Crippen LogP contribution in [0.15, 0.2) is 53.4 Å². The Morgan fingerprint density at radius 3 is 2.68 bits per heavy atom. The van der Waals surface area contributed by atoms with Crippen molar-refractivity contribution in [2.75, 3.05) is 12.5 Å². The predicted octanol–water partition coefficient (Wildman–Crippen LogP) is 4.14. The van der Waals surface area contributed by atoms with Crippen LogP contribution in [0.1, 0.15) is 12.0 Å². The number of hydrogen-bond acceptors (Lipinski definition) is 3. The fraction of sp³-hybridized carbons (Fsp3) is 0.250. The van der Waals surface area contributed by atoms with Crippen LogP contribution in [-0.2, 0) is 6.42 Å². The molecule has 1 aliphatic heterocycles. The molecular formula is C16H16O2S. The summed E-state index contributed by atoms with van der Waals surface area (Å²) in [6, 6.07) is 16.8. The molecule has 19 heavy (non-hydrogen) atoms. The van der Waals surface area contributed by atoms with E-state index in [2.05, 4.69) is 42.5 Å². The molecule has 1 aliphatic rings. The van der Waals surface area contributed by atoms with Gasteiger partial charge in [-0.2, -0.15) is 0 Å². The van der Waals surface area contributed by atoms with E-state index < -0.39 is 0 Å². The molecule has 0 aromatic heterocycles. The van der Waals surface area contributed by atoms with E-state index >= 15 is 0 Å². The van der Waals surface area contributed by atoms with Gasteiger partial charge in [-0.05, 0) is 48.4 Å². The maximum Gasteiger partial charge on any atom is 0.231 e. The highest BCUT2D eigenvalue weighted by atomic mass is 32.2. The summed E-state index contributed by atoms with van der Waals surface area (Å²) in [6.07, 6.45) is 2.25. The molecule has 2 nitrogen and oxygen atoms in total. The van der Waals surface area contributed by atoms with Gasteiger partial charge in [-0.1, -0.05) is 24.3 Å². The minimum absolute atomic E-state index is 0.350.